The molecule has 0 amide bonds. The highest BCUT2D eigenvalue weighted by Crippen LogP contribution is 1.96. The summed E-state index contributed by atoms with van der Waals surface area (Å²) in [5.74, 6) is -0.785. The summed E-state index contributed by atoms with van der Waals surface area (Å²) < 4.78 is 10.5. The van der Waals surface area contributed by atoms with Crippen LogP contribution in [0.4, 0.5) is 0 Å². The molecule has 0 saturated carbocycles. The van der Waals surface area contributed by atoms with E-state index >= 15 is 0 Å². The zero-order valence-corrected chi connectivity index (χ0v) is 9.15. The number of carboxylic acids is 1. The molecule has 0 atom stereocenters. The van der Waals surface area contributed by atoms with Gasteiger partial charge in [0.05, 0.1) is 33.9 Å². The van der Waals surface area contributed by atoms with Crippen LogP contribution in [0.15, 0.2) is 0 Å². The largest absolute Gasteiger partial charge is 0.477 e. The molecule has 0 saturated heterocycles. The molecule has 0 aliphatic heterocycles. The number of methoxy groups -OCH3 is 1. The number of quaternary nitrogens is 1. The number of likely N-dealkylation sites (N-methyl/N-ethyl adjacent to an activating group) is 1. The second-order valence-electron chi connectivity index (χ2n) is 3.82. The SMILES string of the molecule is COCCOCC[N+](C)(C)CC(=O)O. The Morgan fingerprint density at radius 1 is 1.29 bits per heavy atom. The van der Waals surface area contributed by atoms with Crippen molar-refractivity contribution in [1.29, 1.82) is 0 Å². The molecule has 0 aromatic heterocycles. The van der Waals surface area contributed by atoms with Crippen molar-refractivity contribution < 1.29 is 23.9 Å². The molecule has 0 unspecified atom stereocenters. The minimum atomic E-state index is -0.785. The summed E-state index contributed by atoms with van der Waals surface area (Å²) in [6.07, 6.45) is 0. The van der Waals surface area contributed by atoms with Crippen molar-refractivity contribution in [3.05, 3.63) is 0 Å². The smallest absolute Gasteiger partial charge is 0.359 e. The fraction of sp³-hybridized carbons (Fsp3) is 0.889. The van der Waals surface area contributed by atoms with E-state index in [9.17, 15) is 4.79 Å². The van der Waals surface area contributed by atoms with E-state index in [0.29, 0.717) is 30.8 Å². The highest BCUT2D eigenvalue weighted by atomic mass is 16.5. The van der Waals surface area contributed by atoms with Crippen LogP contribution in [-0.2, 0) is 14.3 Å². The summed E-state index contributed by atoms with van der Waals surface area (Å²) in [5, 5.41) is 8.61. The van der Waals surface area contributed by atoms with Crippen LogP contribution < -0.4 is 0 Å². The van der Waals surface area contributed by atoms with Crippen molar-refractivity contribution in [2.24, 2.45) is 0 Å². The van der Waals surface area contributed by atoms with Gasteiger partial charge in [-0.15, -0.1) is 0 Å². The van der Waals surface area contributed by atoms with Gasteiger partial charge < -0.3 is 19.1 Å². The van der Waals surface area contributed by atoms with Gasteiger partial charge in [-0.2, -0.15) is 0 Å². The van der Waals surface area contributed by atoms with Gasteiger partial charge in [0.25, 0.3) is 0 Å². The molecule has 0 radical (unpaired) electrons. The average molecular weight is 206 g/mol. The zero-order valence-electron chi connectivity index (χ0n) is 9.15. The van der Waals surface area contributed by atoms with E-state index < -0.39 is 5.97 Å². The number of carboxylic acid groups (broad SMARTS) is 1. The molecular formula is C9H20NO4+. The number of nitrogens with zero attached hydrogens (tertiary/aromatic N) is 1. The van der Waals surface area contributed by atoms with Gasteiger partial charge in [0.1, 0.15) is 6.54 Å². The van der Waals surface area contributed by atoms with E-state index in [1.807, 2.05) is 14.1 Å². The molecule has 0 aromatic carbocycles. The first kappa shape index (κ1) is 13.4. The Hall–Kier alpha value is -0.650. The van der Waals surface area contributed by atoms with Gasteiger partial charge >= 0.3 is 5.97 Å². The van der Waals surface area contributed by atoms with Gasteiger partial charge in [-0.1, -0.05) is 0 Å². The first-order chi connectivity index (χ1) is 6.48. The molecule has 0 aliphatic carbocycles. The average Bonchev–Trinajstić information content (AvgIpc) is 2.01. The fourth-order valence-electron chi connectivity index (χ4n) is 1.00. The highest BCUT2D eigenvalue weighted by molar-refractivity contribution is 5.67. The van der Waals surface area contributed by atoms with Crippen LogP contribution in [0.2, 0.25) is 0 Å². The summed E-state index contributed by atoms with van der Waals surface area (Å²) in [5.41, 5.74) is 0. The maximum Gasteiger partial charge on any atom is 0.359 e. The lowest BCUT2D eigenvalue weighted by molar-refractivity contribution is -0.883. The number of ether oxygens (including phenoxy) is 2. The number of hydrogen-bond donors (Lipinski definition) is 1. The summed E-state index contributed by atoms with van der Waals surface area (Å²) in [6, 6.07) is 0. The van der Waals surface area contributed by atoms with Crippen LogP contribution >= 0.6 is 0 Å². The monoisotopic (exact) mass is 206 g/mol. The Bertz CT molecular complexity index is 170. The van der Waals surface area contributed by atoms with Crippen molar-refractivity contribution in [3.63, 3.8) is 0 Å². The van der Waals surface area contributed by atoms with E-state index in [1.165, 1.54) is 0 Å². The first-order valence-electron chi connectivity index (χ1n) is 4.58. The minimum absolute atomic E-state index is 0.119. The van der Waals surface area contributed by atoms with Gasteiger partial charge in [0, 0.05) is 7.11 Å². The van der Waals surface area contributed by atoms with Gasteiger partial charge in [0.2, 0.25) is 0 Å². The fourth-order valence-corrected chi connectivity index (χ4v) is 1.00. The molecule has 5 nitrogen and oxygen atoms in total. The highest BCUT2D eigenvalue weighted by Gasteiger charge is 2.18. The Balaban J connectivity index is 3.50. The number of aliphatic carboxylic acids is 1. The molecule has 1 N–H and O–H groups in total. The molecule has 84 valence electrons. The van der Waals surface area contributed by atoms with Crippen molar-refractivity contribution in [1.82, 2.24) is 0 Å². The molecule has 0 aromatic rings. The predicted molar refractivity (Wildman–Crippen MR) is 52.2 cm³/mol. The third-order valence-corrected chi connectivity index (χ3v) is 1.84. The summed E-state index contributed by atoms with van der Waals surface area (Å²) in [6.45, 7) is 2.50. The lowest BCUT2D eigenvalue weighted by Gasteiger charge is -2.27. The number of rotatable bonds is 8. The van der Waals surface area contributed by atoms with Crippen molar-refractivity contribution in [2.45, 2.75) is 0 Å². The Kier molecular flexibility index (Phi) is 6.44. The van der Waals surface area contributed by atoms with E-state index in [-0.39, 0.29) is 6.54 Å². The molecule has 0 rings (SSSR count). The van der Waals surface area contributed by atoms with Gasteiger partial charge in [0.15, 0.2) is 6.54 Å². The normalized spacial score (nSPS) is 11.6. The van der Waals surface area contributed by atoms with Crippen LogP contribution in [0.1, 0.15) is 0 Å². The van der Waals surface area contributed by atoms with Crippen molar-refractivity contribution in [3.8, 4) is 0 Å². The molecule has 5 heteroatoms. The number of carbonyl (C=O) groups is 1. The van der Waals surface area contributed by atoms with Gasteiger partial charge in [-0.05, 0) is 0 Å². The predicted octanol–water partition coefficient (Wildman–Crippen LogP) is -0.190. The van der Waals surface area contributed by atoms with Crippen LogP contribution in [-0.4, -0.2) is 69.7 Å². The first-order valence-corrected chi connectivity index (χ1v) is 4.58. The minimum Gasteiger partial charge on any atom is -0.477 e. The summed E-state index contributed by atoms with van der Waals surface area (Å²) >= 11 is 0. The van der Waals surface area contributed by atoms with Crippen LogP contribution in [0, 0.1) is 0 Å². The van der Waals surface area contributed by atoms with Gasteiger partial charge in [-0.3, -0.25) is 0 Å². The number of hydrogen-bond acceptors (Lipinski definition) is 3. The maximum atomic E-state index is 10.5. The zero-order chi connectivity index (χ0) is 11.0. The summed E-state index contributed by atoms with van der Waals surface area (Å²) in [4.78, 5) is 10.5. The topological polar surface area (TPSA) is 55.8 Å². The molecule has 0 bridgehead atoms. The third kappa shape index (κ3) is 7.97. The van der Waals surface area contributed by atoms with E-state index in [2.05, 4.69) is 0 Å². The maximum absolute atomic E-state index is 10.5. The van der Waals surface area contributed by atoms with E-state index in [4.69, 9.17) is 14.6 Å². The molecule has 0 aliphatic rings. The second kappa shape index (κ2) is 6.75. The second-order valence-corrected chi connectivity index (χ2v) is 3.82. The Morgan fingerprint density at radius 3 is 2.43 bits per heavy atom. The Labute approximate surface area is 84.8 Å². The Morgan fingerprint density at radius 2 is 1.93 bits per heavy atom. The molecular weight excluding hydrogens is 186 g/mol. The molecule has 14 heavy (non-hydrogen) atoms. The lowest BCUT2D eigenvalue weighted by atomic mass is 10.4. The van der Waals surface area contributed by atoms with E-state index in [0.717, 1.165) is 0 Å². The van der Waals surface area contributed by atoms with Crippen LogP contribution in [0.3, 0.4) is 0 Å². The lowest BCUT2D eigenvalue weighted by Crippen LogP contribution is -2.46. The van der Waals surface area contributed by atoms with Crippen molar-refractivity contribution >= 4 is 5.97 Å². The van der Waals surface area contributed by atoms with Crippen LogP contribution in [0.25, 0.3) is 0 Å². The summed E-state index contributed by atoms with van der Waals surface area (Å²) in [7, 11) is 5.36. The molecule has 0 spiro atoms. The third-order valence-electron chi connectivity index (χ3n) is 1.84. The molecule has 0 fully saturated rings. The standard InChI is InChI=1S/C9H19NO4/c1-10(2,8-9(11)12)4-5-14-7-6-13-3/h4-8H2,1-3H3/p+1. The van der Waals surface area contributed by atoms with Crippen molar-refractivity contribution in [2.75, 3.05) is 54.1 Å². The van der Waals surface area contributed by atoms with Gasteiger partial charge in [-0.25, -0.2) is 4.79 Å². The quantitative estimate of drug-likeness (QED) is 0.442. The molecule has 0 heterocycles. The van der Waals surface area contributed by atoms with Crippen LogP contribution in [0.5, 0.6) is 0 Å². The van der Waals surface area contributed by atoms with E-state index in [1.54, 1.807) is 7.11 Å².